The molecule has 1 atom stereocenters. The van der Waals surface area contributed by atoms with Crippen molar-refractivity contribution in [3.05, 3.63) is 28.2 Å². The molecule has 1 N–H and O–H groups in total. The van der Waals surface area contributed by atoms with Crippen molar-refractivity contribution in [3.8, 4) is 5.75 Å². The summed E-state index contributed by atoms with van der Waals surface area (Å²) < 4.78 is 5.29. The lowest BCUT2D eigenvalue weighted by molar-refractivity contribution is -0.143. The van der Waals surface area contributed by atoms with Crippen LogP contribution in [-0.2, 0) is 9.59 Å². The van der Waals surface area contributed by atoms with Crippen LogP contribution in [0.4, 0.5) is 0 Å². The second-order valence-corrected chi connectivity index (χ2v) is 5.22. The molecule has 1 amide bonds. The number of amides is 1. The molecule has 20 heavy (non-hydrogen) atoms. The molecule has 0 bridgehead atoms. The molecule has 0 aliphatic rings. The monoisotopic (exact) mass is 319 g/mol. The van der Waals surface area contributed by atoms with Crippen LogP contribution < -0.4 is 4.74 Å². The van der Waals surface area contributed by atoms with Gasteiger partial charge < -0.3 is 14.7 Å². The lowest BCUT2D eigenvalue weighted by Crippen LogP contribution is -2.36. The summed E-state index contributed by atoms with van der Waals surface area (Å²) in [6.45, 7) is 1.41. The highest BCUT2D eigenvalue weighted by Crippen LogP contribution is 2.27. The van der Waals surface area contributed by atoms with Gasteiger partial charge in [0.05, 0.1) is 10.9 Å². The summed E-state index contributed by atoms with van der Waals surface area (Å²) in [6, 6.07) is 4.69. The minimum atomic E-state index is -0.955. The van der Waals surface area contributed by atoms with Gasteiger partial charge in [-0.3, -0.25) is 9.59 Å². The van der Waals surface area contributed by atoms with Gasteiger partial charge in [0.1, 0.15) is 5.75 Å². The molecule has 110 valence electrons. The second kappa shape index (κ2) is 7.36. The Labute approximate surface area is 127 Å². The van der Waals surface area contributed by atoms with Crippen LogP contribution in [0.5, 0.6) is 5.75 Å². The number of hydrogen-bond acceptors (Lipinski definition) is 3. The summed E-state index contributed by atoms with van der Waals surface area (Å²) in [7, 11) is 1.52. The number of ether oxygens (including phenoxy) is 1. The molecule has 0 fully saturated rings. The van der Waals surface area contributed by atoms with Gasteiger partial charge in [0.15, 0.2) is 6.61 Å². The molecule has 0 radical (unpaired) electrons. The standard InChI is InChI=1S/C13H15Cl2NO4/c1-8(13(18)19)6-16(2)12(17)7-20-11-5-9(14)3-4-10(11)15/h3-5,8H,6-7H2,1-2H3,(H,18,19). The topological polar surface area (TPSA) is 66.8 Å². The Morgan fingerprint density at radius 3 is 2.65 bits per heavy atom. The molecule has 1 rings (SSSR count). The fourth-order valence-corrected chi connectivity index (χ4v) is 1.76. The Morgan fingerprint density at radius 2 is 2.05 bits per heavy atom. The Kier molecular flexibility index (Phi) is 6.10. The van der Waals surface area contributed by atoms with E-state index in [0.717, 1.165) is 0 Å². The SMILES string of the molecule is CC(CN(C)C(=O)COc1cc(Cl)ccc1Cl)C(=O)O. The minimum Gasteiger partial charge on any atom is -0.482 e. The van der Waals surface area contributed by atoms with Crippen LogP contribution >= 0.6 is 23.2 Å². The Balaban J connectivity index is 2.54. The van der Waals surface area contributed by atoms with Crippen molar-refractivity contribution >= 4 is 35.1 Å². The number of halogens is 2. The van der Waals surface area contributed by atoms with Crippen molar-refractivity contribution in [1.29, 1.82) is 0 Å². The quantitative estimate of drug-likeness (QED) is 0.875. The number of carboxylic acid groups (broad SMARTS) is 1. The first-order valence-electron chi connectivity index (χ1n) is 5.86. The predicted molar refractivity (Wildman–Crippen MR) is 76.4 cm³/mol. The van der Waals surface area contributed by atoms with E-state index in [1.54, 1.807) is 12.1 Å². The first-order chi connectivity index (χ1) is 9.31. The third kappa shape index (κ3) is 4.90. The van der Waals surface area contributed by atoms with Crippen LogP contribution in [0.25, 0.3) is 0 Å². The van der Waals surface area contributed by atoms with Gasteiger partial charge in [0.25, 0.3) is 5.91 Å². The summed E-state index contributed by atoms with van der Waals surface area (Å²) in [4.78, 5) is 23.8. The van der Waals surface area contributed by atoms with E-state index in [9.17, 15) is 9.59 Å². The molecule has 0 spiro atoms. The van der Waals surface area contributed by atoms with Crippen molar-refractivity contribution < 1.29 is 19.4 Å². The van der Waals surface area contributed by atoms with Gasteiger partial charge in [-0.2, -0.15) is 0 Å². The van der Waals surface area contributed by atoms with E-state index >= 15 is 0 Å². The Morgan fingerprint density at radius 1 is 1.40 bits per heavy atom. The average molecular weight is 320 g/mol. The zero-order valence-corrected chi connectivity index (χ0v) is 12.6. The van der Waals surface area contributed by atoms with E-state index in [4.69, 9.17) is 33.0 Å². The molecule has 1 unspecified atom stereocenters. The number of carbonyl (C=O) groups excluding carboxylic acids is 1. The van der Waals surface area contributed by atoms with E-state index in [2.05, 4.69) is 0 Å². The van der Waals surface area contributed by atoms with Crippen molar-refractivity contribution in [1.82, 2.24) is 4.90 Å². The Hall–Kier alpha value is -1.46. The highest BCUT2D eigenvalue weighted by Gasteiger charge is 2.18. The van der Waals surface area contributed by atoms with Crippen LogP contribution in [0, 0.1) is 5.92 Å². The van der Waals surface area contributed by atoms with Crippen molar-refractivity contribution in [3.63, 3.8) is 0 Å². The van der Waals surface area contributed by atoms with Crippen molar-refractivity contribution in [2.75, 3.05) is 20.2 Å². The molecule has 0 saturated heterocycles. The molecule has 0 aliphatic carbocycles. The maximum atomic E-state index is 11.8. The van der Waals surface area contributed by atoms with Gasteiger partial charge in [-0.05, 0) is 12.1 Å². The molecule has 1 aromatic carbocycles. The van der Waals surface area contributed by atoms with Gasteiger partial charge in [0.2, 0.25) is 0 Å². The first kappa shape index (κ1) is 16.6. The summed E-state index contributed by atoms with van der Waals surface area (Å²) in [5.41, 5.74) is 0. The highest BCUT2D eigenvalue weighted by atomic mass is 35.5. The third-order valence-corrected chi connectivity index (χ3v) is 3.19. The fourth-order valence-electron chi connectivity index (χ4n) is 1.43. The molecule has 0 heterocycles. The fraction of sp³-hybridized carbons (Fsp3) is 0.385. The van der Waals surface area contributed by atoms with Gasteiger partial charge in [-0.25, -0.2) is 0 Å². The van der Waals surface area contributed by atoms with Crippen LogP contribution in [0.2, 0.25) is 10.0 Å². The molecule has 1 aromatic rings. The number of benzene rings is 1. The number of likely N-dealkylation sites (N-methyl/N-ethyl adjacent to an activating group) is 1. The lowest BCUT2D eigenvalue weighted by atomic mass is 10.2. The van der Waals surface area contributed by atoms with Crippen molar-refractivity contribution in [2.24, 2.45) is 5.92 Å². The van der Waals surface area contributed by atoms with Crippen molar-refractivity contribution in [2.45, 2.75) is 6.92 Å². The summed E-state index contributed by atoms with van der Waals surface area (Å²) >= 11 is 11.7. The molecule has 0 saturated carbocycles. The zero-order chi connectivity index (χ0) is 15.3. The van der Waals surface area contributed by atoms with Gasteiger partial charge >= 0.3 is 5.97 Å². The van der Waals surface area contributed by atoms with E-state index in [1.807, 2.05) is 0 Å². The molecular weight excluding hydrogens is 305 g/mol. The Bertz CT molecular complexity index is 507. The second-order valence-electron chi connectivity index (χ2n) is 4.38. The molecule has 0 aromatic heterocycles. The van der Waals surface area contributed by atoms with Crippen LogP contribution in [0.15, 0.2) is 18.2 Å². The number of hydrogen-bond donors (Lipinski definition) is 1. The van der Waals surface area contributed by atoms with E-state index < -0.39 is 11.9 Å². The van der Waals surface area contributed by atoms with Gasteiger partial charge in [-0.15, -0.1) is 0 Å². The average Bonchev–Trinajstić information content (AvgIpc) is 2.39. The number of nitrogens with zero attached hydrogens (tertiary/aromatic N) is 1. The largest absolute Gasteiger partial charge is 0.482 e. The lowest BCUT2D eigenvalue weighted by Gasteiger charge is -2.19. The van der Waals surface area contributed by atoms with Gasteiger partial charge in [-0.1, -0.05) is 30.1 Å². The maximum absolute atomic E-state index is 11.8. The van der Waals surface area contributed by atoms with E-state index in [0.29, 0.717) is 15.8 Å². The van der Waals surface area contributed by atoms with Gasteiger partial charge in [0, 0.05) is 24.7 Å². The zero-order valence-electron chi connectivity index (χ0n) is 11.1. The van der Waals surface area contributed by atoms with E-state index in [-0.39, 0.29) is 19.1 Å². The summed E-state index contributed by atoms with van der Waals surface area (Å²) in [6.07, 6.45) is 0. The highest BCUT2D eigenvalue weighted by molar-refractivity contribution is 6.34. The summed E-state index contributed by atoms with van der Waals surface area (Å²) in [5, 5.41) is 9.59. The van der Waals surface area contributed by atoms with Crippen LogP contribution in [0.3, 0.4) is 0 Å². The number of carbonyl (C=O) groups is 2. The number of carboxylic acids is 1. The number of rotatable bonds is 6. The molecule has 5 nitrogen and oxygen atoms in total. The molecule has 0 aliphatic heterocycles. The summed E-state index contributed by atoms with van der Waals surface area (Å²) in [5.74, 6) is -1.62. The molecule has 7 heteroatoms. The van der Waals surface area contributed by atoms with Crippen LogP contribution in [0.1, 0.15) is 6.92 Å². The number of aliphatic carboxylic acids is 1. The van der Waals surface area contributed by atoms with E-state index in [1.165, 1.54) is 24.9 Å². The normalized spacial score (nSPS) is 11.8. The maximum Gasteiger partial charge on any atom is 0.308 e. The predicted octanol–water partition coefficient (Wildman–Crippen LogP) is 2.55. The smallest absolute Gasteiger partial charge is 0.308 e. The molecular formula is C13H15Cl2NO4. The third-order valence-electron chi connectivity index (χ3n) is 2.64. The minimum absolute atomic E-state index is 0.112. The first-order valence-corrected chi connectivity index (χ1v) is 6.61. The van der Waals surface area contributed by atoms with Crippen LogP contribution in [-0.4, -0.2) is 42.1 Å².